The van der Waals surface area contributed by atoms with Crippen LogP contribution in [0.15, 0.2) is 97.1 Å². The number of carbonyl (C=O) groups is 4. The van der Waals surface area contributed by atoms with Crippen LogP contribution in [0.2, 0.25) is 0 Å². The van der Waals surface area contributed by atoms with Gasteiger partial charge < -0.3 is 9.47 Å². The monoisotopic (exact) mass is 724 g/mol. The minimum atomic E-state index is -0.283. The summed E-state index contributed by atoms with van der Waals surface area (Å²) in [6, 6.07) is 33.3. The Morgan fingerprint density at radius 3 is 1.37 bits per heavy atom. The number of fused-ring (bicyclic) bond motifs is 6. The highest BCUT2D eigenvalue weighted by molar-refractivity contribution is 5.90. The maximum Gasteiger partial charge on any atom is 0.337 e. The highest BCUT2D eigenvalue weighted by Crippen LogP contribution is 2.52. The number of ether oxygens (including phenoxy) is 2. The molecule has 0 saturated heterocycles. The number of hydrogen-bond donors (Lipinski definition) is 0. The Labute approximate surface area is 319 Å². The normalized spacial score (nSPS) is 24.5. The molecule has 4 aromatic carbocycles. The van der Waals surface area contributed by atoms with E-state index in [0.717, 1.165) is 64.2 Å². The Balaban J connectivity index is 0.000000167. The first-order chi connectivity index (χ1) is 26.2. The maximum atomic E-state index is 12.3. The fourth-order valence-electron chi connectivity index (χ4n) is 10.5. The lowest BCUT2D eigenvalue weighted by atomic mass is 9.59. The Bertz CT molecular complexity index is 1860. The van der Waals surface area contributed by atoms with E-state index in [0.29, 0.717) is 60.2 Å². The van der Waals surface area contributed by atoms with Crippen LogP contribution in [0, 0.1) is 11.8 Å². The molecule has 0 radical (unpaired) electrons. The first-order valence-electron chi connectivity index (χ1n) is 19.8. The molecule has 6 nitrogen and oxygen atoms in total. The summed E-state index contributed by atoms with van der Waals surface area (Å²) in [4.78, 5) is 48.5. The zero-order valence-electron chi connectivity index (χ0n) is 31.7. The van der Waals surface area contributed by atoms with Crippen molar-refractivity contribution in [2.45, 2.75) is 101 Å². The van der Waals surface area contributed by atoms with Crippen LogP contribution in [0.1, 0.15) is 118 Å². The van der Waals surface area contributed by atoms with Gasteiger partial charge in [-0.25, -0.2) is 9.59 Å². The van der Waals surface area contributed by atoms with Gasteiger partial charge in [0.2, 0.25) is 0 Å². The van der Waals surface area contributed by atoms with Gasteiger partial charge in [0.1, 0.15) is 11.6 Å². The van der Waals surface area contributed by atoms with Crippen molar-refractivity contribution in [2.75, 3.05) is 14.2 Å². The number of hydrogen-bond acceptors (Lipinski definition) is 6. The molecule has 280 valence electrons. The lowest BCUT2D eigenvalue weighted by Crippen LogP contribution is -2.42. The van der Waals surface area contributed by atoms with Crippen molar-refractivity contribution in [2.24, 2.45) is 11.8 Å². The molecule has 4 aliphatic carbocycles. The van der Waals surface area contributed by atoms with Gasteiger partial charge in [-0.1, -0.05) is 72.8 Å². The molecule has 0 aromatic heterocycles. The number of methoxy groups -OCH3 is 2. The summed E-state index contributed by atoms with van der Waals surface area (Å²) in [5.41, 5.74) is 9.04. The van der Waals surface area contributed by atoms with Gasteiger partial charge in [-0.05, 0) is 134 Å². The Hall–Kier alpha value is -4.84. The van der Waals surface area contributed by atoms with Crippen LogP contribution < -0.4 is 0 Å². The van der Waals surface area contributed by atoms with Gasteiger partial charge in [-0.2, -0.15) is 0 Å². The molecule has 2 saturated carbocycles. The maximum absolute atomic E-state index is 12.3. The van der Waals surface area contributed by atoms with E-state index in [2.05, 4.69) is 60.7 Å². The minimum absolute atomic E-state index is 0.0181. The second-order valence-electron chi connectivity index (χ2n) is 16.0. The first kappa shape index (κ1) is 37.5. The van der Waals surface area contributed by atoms with Crippen molar-refractivity contribution >= 4 is 23.5 Å². The van der Waals surface area contributed by atoms with Crippen molar-refractivity contribution in [3.63, 3.8) is 0 Å². The summed E-state index contributed by atoms with van der Waals surface area (Å²) in [6.07, 6.45) is 12.6. The highest BCUT2D eigenvalue weighted by atomic mass is 16.5. The van der Waals surface area contributed by atoms with E-state index in [9.17, 15) is 19.2 Å². The predicted octanol–water partition coefficient (Wildman–Crippen LogP) is 9.32. The first-order valence-corrected chi connectivity index (χ1v) is 19.8. The standard InChI is InChI=1S/2C24H26O3/c2*1-27-23(26)19-10-11-22-18(14-19)8-5-9-20-15-21(25)12-13-24(20,22)16-17-6-3-2-4-7-17/h2*2-4,6-7,10-11,14,20H,5,8-9,12-13,15-16H2,1H3/t2*20-,24+/m10/s1. The number of aryl methyl sites for hydroxylation is 2. The van der Waals surface area contributed by atoms with Gasteiger partial charge in [0.05, 0.1) is 25.3 Å². The molecule has 0 spiro atoms. The topological polar surface area (TPSA) is 86.7 Å². The van der Waals surface area contributed by atoms with Gasteiger partial charge in [0.25, 0.3) is 0 Å². The SMILES string of the molecule is COC(=O)c1ccc2c(c1)CCC[C@@H]1CC(=O)CC[C@@]21Cc1ccccc1.COC(=O)c1ccc2c(c1)CCC[C@H]1CC(=O)CC[C@]21Cc1ccccc1. The minimum Gasteiger partial charge on any atom is -0.465 e. The Morgan fingerprint density at radius 2 is 0.981 bits per heavy atom. The van der Waals surface area contributed by atoms with E-state index in [1.54, 1.807) is 0 Å². The number of ketones is 2. The number of Topliss-reactive ketones (excluding diaryl/α,β-unsaturated/α-hetero) is 2. The summed E-state index contributed by atoms with van der Waals surface area (Å²) in [6.45, 7) is 0. The number of rotatable bonds is 6. The highest BCUT2D eigenvalue weighted by Gasteiger charge is 2.47. The molecule has 8 rings (SSSR count). The van der Waals surface area contributed by atoms with E-state index < -0.39 is 0 Å². The molecular formula is C48H52O6. The van der Waals surface area contributed by atoms with Crippen molar-refractivity contribution < 1.29 is 28.7 Å². The third-order valence-corrected chi connectivity index (χ3v) is 13.1. The average molecular weight is 725 g/mol. The largest absolute Gasteiger partial charge is 0.465 e. The van der Waals surface area contributed by atoms with Crippen LogP contribution >= 0.6 is 0 Å². The summed E-state index contributed by atoms with van der Waals surface area (Å²) >= 11 is 0. The van der Waals surface area contributed by atoms with Gasteiger partial charge >= 0.3 is 11.9 Å². The van der Waals surface area contributed by atoms with Crippen LogP contribution in [0.3, 0.4) is 0 Å². The zero-order chi connectivity index (χ0) is 37.7. The van der Waals surface area contributed by atoms with Crippen molar-refractivity contribution in [3.05, 3.63) is 142 Å². The Kier molecular flexibility index (Phi) is 11.3. The van der Waals surface area contributed by atoms with Crippen molar-refractivity contribution in [3.8, 4) is 0 Å². The average Bonchev–Trinajstić information content (AvgIpc) is 3.45. The van der Waals surface area contributed by atoms with Crippen molar-refractivity contribution in [1.29, 1.82) is 0 Å². The summed E-state index contributed by atoms with van der Waals surface area (Å²) in [5.74, 6) is 0.994. The molecule has 0 bridgehead atoms. The van der Waals surface area contributed by atoms with E-state index in [4.69, 9.17) is 9.47 Å². The number of esters is 2. The van der Waals surface area contributed by atoms with Crippen LogP contribution in [0.4, 0.5) is 0 Å². The lowest BCUT2D eigenvalue weighted by molar-refractivity contribution is -0.124. The Morgan fingerprint density at radius 1 is 0.574 bits per heavy atom. The molecule has 4 aliphatic rings. The van der Waals surface area contributed by atoms with Gasteiger partial charge in [0, 0.05) is 36.5 Å². The molecule has 0 unspecified atom stereocenters. The third-order valence-electron chi connectivity index (χ3n) is 13.1. The summed E-state index contributed by atoms with van der Waals surface area (Å²) < 4.78 is 9.83. The fraction of sp³-hybridized carbons (Fsp3) is 0.417. The second-order valence-corrected chi connectivity index (χ2v) is 16.0. The predicted molar refractivity (Wildman–Crippen MR) is 210 cm³/mol. The van der Waals surface area contributed by atoms with Gasteiger partial charge in [-0.3, -0.25) is 9.59 Å². The number of carbonyl (C=O) groups excluding carboxylic acids is 4. The zero-order valence-corrected chi connectivity index (χ0v) is 31.7. The van der Waals surface area contributed by atoms with Crippen LogP contribution in [0.25, 0.3) is 0 Å². The smallest absolute Gasteiger partial charge is 0.337 e. The molecular weight excluding hydrogens is 673 g/mol. The molecule has 4 aromatic rings. The quantitative estimate of drug-likeness (QED) is 0.184. The summed E-state index contributed by atoms with van der Waals surface area (Å²) in [7, 11) is 2.85. The van der Waals surface area contributed by atoms with E-state index >= 15 is 0 Å². The number of benzene rings is 4. The molecule has 0 amide bonds. The molecule has 0 N–H and O–H groups in total. The molecule has 0 aliphatic heterocycles. The third kappa shape index (κ3) is 7.58. The second kappa shape index (κ2) is 16.3. The van der Waals surface area contributed by atoms with Crippen molar-refractivity contribution in [1.82, 2.24) is 0 Å². The van der Waals surface area contributed by atoms with Crippen LogP contribution in [-0.2, 0) is 55.6 Å². The molecule has 2 fully saturated rings. The summed E-state index contributed by atoms with van der Waals surface area (Å²) in [5, 5.41) is 0. The lowest BCUT2D eigenvalue weighted by Gasteiger charge is -2.44. The van der Waals surface area contributed by atoms with E-state index in [1.807, 2.05) is 36.4 Å². The molecule has 4 atom stereocenters. The molecule has 54 heavy (non-hydrogen) atoms. The van der Waals surface area contributed by atoms with E-state index in [-0.39, 0.29) is 22.8 Å². The molecule has 0 heterocycles. The molecule has 6 heteroatoms. The van der Waals surface area contributed by atoms with Crippen LogP contribution in [-0.4, -0.2) is 37.7 Å². The fourth-order valence-corrected chi connectivity index (χ4v) is 10.5. The van der Waals surface area contributed by atoms with E-state index in [1.165, 1.54) is 47.6 Å². The van der Waals surface area contributed by atoms with Gasteiger partial charge in [0.15, 0.2) is 0 Å². The van der Waals surface area contributed by atoms with Gasteiger partial charge in [-0.15, -0.1) is 0 Å². The van der Waals surface area contributed by atoms with Crippen LogP contribution in [0.5, 0.6) is 0 Å².